The highest BCUT2D eigenvalue weighted by atomic mass is 19.1. The normalized spacial score (nSPS) is 12.1. The molecule has 1 atom stereocenters. The lowest BCUT2D eigenvalue weighted by Crippen LogP contribution is -2.13. The smallest absolute Gasteiger partial charge is 0.304 e. The van der Waals surface area contributed by atoms with Crippen LogP contribution in [0.2, 0.25) is 0 Å². The topological polar surface area (TPSA) is 55.8 Å². The number of hydrogen-bond donors (Lipinski definition) is 1. The molecule has 5 heteroatoms. The summed E-state index contributed by atoms with van der Waals surface area (Å²) in [5.74, 6) is -0.0461. The molecular formula is C31H35FO4. The predicted octanol–water partition coefficient (Wildman–Crippen LogP) is 7.90. The van der Waals surface area contributed by atoms with Crippen molar-refractivity contribution in [3.63, 3.8) is 0 Å². The number of rotatable bonds is 9. The van der Waals surface area contributed by atoms with Crippen LogP contribution in [0.1, 0.15) is 63.6 Å². The Morgan fingerprint density at radius 1 is 0.972 bits per heavy atom. The van der Waals surface area contributed by atoms with E-state index in [0.717, 1.165) is 27.8 Å². The van der Waals surface area contributed by atoms with Crippen molar-refractivity contribution in [3.05, 3.63) is 94.8 Å². The molecule has 0 saturated heterocycles. The van der Waals surface area contributed by atoms with Crippen LogP contribution in [0, 0.1) is 5.82 Å². The summed E-state index contributed by atoms with van der Waals surface area (Å²) in [5.41, 5.74) is 5.07. The van der Waals surface area contributed by atoms with Crippen molar-refractivity contribution in [1.29, 1.82) is 0 Å². The van der Waals surface area contributed by atoms with E-state index in [1.165, 1.54) is 6.07 Å². The third kappa shape index (κ3) is 6.97. The zero-order chi connectivity index (χ0) is 26.5. The maximum Gasteiger partial charge on any atom is 0.304 e. The van der Waals surface area contributed by atoms with Crippen LogP contribution in [0.4, 0.5) is 4.39 Å². The van der Waals surface area contributed by atoms with Gasteiger partial charge in [-0.15, -0.1) is 0 Å². The first-order valence-electron chi connectivity index (χ1n) is 12.0. The van der Waals surface area contributed by atoms with Gasteiger partial charge >= 0.3 is 5.97 Å². The Bertz CT molecular complexity index is 1230. The largest absolute Gasteiger partial charge is 0.497 e. The van der Waals surface area contributed by atoms with Gasteiger partial charge in [0.1, 0.15) is 23.9 Å². The number of halogens is 1. The van der Waals surface area contributed by atoms with Gasteiger partial charge < -0.3 is 14.6 Å². The summed E-state index contributed by atoms with van der Waals surface area (Å²) in [5, 5.41) is 9.26. The predicted molar refractivity (Wildman–Crippen MR) is 142 cm³/mol. The van der Waals surface area contributed by atoms with Crippen molar-refractivity contribution >= 4 is 5.97 Å². The Hall–Kier alpha value is -3.60. The first-order chi connectivity index (χ1) is 17.0. The number of benzene rings is 3. The van der Waals surface area contributed by atoms with Crippen molar-refractivity contribution in [2.24, 2.45) is 0 Å². The van der Waals surface area contributed by atoms with Gasteiger partial charge in [-0.2, -0.15) is 0 Å². The Labute approximate surface area is 213 Å². The number of carboxylic acid groups (broad SMARTS) is 1. The molecule has 0 aliphatic rings. The molecule has 0 aliphatic carbocycles. The van der Waals surface area contributed by atoms with E-state index in [1.807, 2.05) is 62.4 Å². The fourth-order valence-corrected chi connectivity index (χ4v) is 4.24. The van der Waals surface area contributed by atoms with Crippen LogP contribution in [0.25, 0.3) is 11.1 Å². The van der Waals surface area contributed by atoms with Crippen LogP contribution in [-0.2, 0) is 16.8 Å². The van der Waals surface area contributed by atoms with E-state index in [1.54, 1.807) is 19.2 Å². The minimum Gasteiger partial charge on any atom is -0.497 e. The van der Waals surface area contributed by atoms with Gasteiger partial charge in [0.15, 0.2) is 0 Å². The minimum absolute atomic E-state index is 0.0368. The molecule has 0 aromatic heterocycles. The Balaban J connectivity index is 1.86. The number of ether oxygens (including phenoxy) is 2. The van der Waals surface area contributed by atoms with E-state index in [2.05, 4.69) is 20.8 Å². The average molecular weight is 491 g/mol. The van der Waals surface area contributed by atoms with Gasteiger partial charge in [0, 0.05) is 11.5 Å². The summed E-state index contributed by atoms with van der Waals surface area (Å²) in [6.07, 6.45) is 2.01. The molecule has 0 heterocycles. The van der Waals surface area contributed by atoms with Crippen molar-refractivity contribution in [1.82, 2.24) is 0 Å². The van der Waals surface area contributed by atoms with Gasteiger partial charge in [-0.05, 0) is 77.9 Å². The number of allylic oxidation sites excluding steroid dienone is 2. The molecular weight excluding hydrogens is 455 g/mol. The molecule has 0 radical (unpaired) electrons. The summed E-state index contributed by atoms with van der Waals surface area (Å²) >= 11 is 0. The first kappa shape index (κ1) is 27.0. The van der Waals surface area contributed by atoms with Gasteiger partial charge in [0.2, 0.25) is 0 Å². The maximum atomic E-state index is 14.9. The van der Waals surface area contributed by atoms with Crippen molar-refractivity contribution in [2.75, 3.05) is 7.11 Å². The van der Waals surface area contributed by atoms with Gasteiger partial charge in [-0.1, -0.05) is 56.7 Å². The number of hydrogen-bond acceptors (Lipinski definition) is 3. The minimum atomic E-state index is -0.834. The molecule has 36 heavy (non-hydrogen) atoms. The Morgan fingerprint density at radius 2 is 1.64 bits per heavy atom. The van der Waals surface area contributed by atoms with E-state index >= 15 is 0 Å². The van der Waals surface area contributed by atoms with E-state index in [4.69, 9.17) is 9.47 Å². The van der Waals surface area contributed by atoms with E-state index in [-0.39, 0.29) is 23.6 Å². The Kier molecular flexibility index (Phi) is 8.57. The fourth-order valence-electron chi connectivity index (χ4n) is 4.24. The molecule has 3 rings (SSSR count). The molecule has 0 amide bonds. The maximum absolute atomic E-state index is 14.9. The monoisotopic (exact) mass is 490 g/mol. The molecule has 3 aromatic rings. The lowest BCUT2D eigenvalue weighted by Gasteiger charge is -2.24. The molecule has 0 aliphatic heterocycles. The van der Waals surface area contributed by atoms with Gasteiger partial charge in [-0.3, -0.25) is 4.79 Å². The molecule has 0 spiro atoms. The molecule has 0 fully saturated rings. The molecule has 0 saturated carbocycles. The van der Waals surface area contributed by atoms with E-state index in [0.29, 0.717) is 23.7 Å². The summed E-state index contributed by atoms with van der Waals surface area (Å²) in [6, 6.07) is 18.3. The van der Waals surface area contributed by atoms with Crippen LogP contribution in [0.3, 0.4) is 0 Å². The number of aliphatic carboxylic acids is 1. The third-order valence-corrected chi connectivity index (χ3v) is 6.00. The number of methoxy groups -OCH3 is 1. The number of carbonyl (C=O) groups is 1. The molecule has 0 bridgehead atoms. The highest BCUT2D eigenvalue weighted by molar-refractivity contribution is 5.71. The van der Waals surface area contributed by atoms with Gasteiger partial charge in [-0.25, -0.2) is 4.39 Å². The molecule has 3 aromatic carbocycles. The lowest BCUT2D eigenvalue weighted by atomic mass is 9.81. The first-order valence-corrected chi connectivity index (χ1v) is 12.0. The average Bonchev–Trinajstić information content (AvgIpc) is 2.81. The quantitative estimate of drug-likeness (QED) is 0.310. The second-order valence-corrected chi connectivity index (χ2v) is 10.3. The highest BCUT2D eigenvalue weighted by Gasteiger charge is 2.21. The second-order valence-electron chi connectivity index (χ2n) is 10.3. The van der Waals surface area contributed by atoms with E-state index in [9.17, 15) is 14.3 Å². The van der Waals surface area contributed by atoms with Crippen molar-refractivity contribution in [3.8, 4) is 22.6 Å². The van der Waals surface area contributed by atoms with Crippen LogP contribution < -0.4 is 9.47 Å². The van der Waals surface area contributed by atoms with Crippen LogP contribution in [-0.4, -0.2) is 18.2 Å². The summed E-state index contributed by atoms with van der Waals surface area (Å²) in [6.45, 7) is 10.6. The summed E-state index contributed by atoms with van der Waals surface area (Å²) in [4.78, 5) is 11.3. The number of carboxylic acids is 1. The van der Waals surface area contributed by atoms with E-state index < -0.39 is 5.97 Å². The van der Waals surface area contributed by atoms with Crippen LogP contribution in [0.15, 0.2) is 72.3 Å². The van der Waals surface area contributed by atoms with Gasteiger partial charge in [0.25, 0.3) is 0 Å². The third-order valence-electron chi connectivity index (χ3n) is 6.00. The molecule has 1 unspecified atom stereocenters. The zero-order valence-corrected chi connectivity index (χ0v) is 21.9. The van der Waals surface area contributed by atoms with Crippen LogP contribution in [0.5, 0.6) is 11.5 Å². The van der Waals surface area contributed by atoms with Gasteiger partial charge in [0.05, 0.1) is 13.5 Å². The summed E-state index contributed by atoms with van der Waals surface area (Å²) in [7, 11) is 1.57. The zero-order valence-electron chi connectivity index (χ0n) is 21.9. The SMILES string of the molecule is COc1ccc(F)c(-c2cc(COc3ccc(C(C=C(C)C)CC(=O)O)cc3)ccc2C(C)(C)C)c1. The molecule has 4 nitrogen and oxygen atoms in total. The highest BCUT2D eigenvalue weighted by Crippen LogP contribution is 2.37. The van der Waals surface area contributed by atoms with Crippen LogP contribution >= 0.6 is 0 Å². The lowest BCUT2D eigenvalue weighted by molar-refractivity contribution is -0.137. The second kappa shape index (κ2) is 11.4. The fraction of sp³-hybridized carbons (Fsp3) is 0.323. The van der Waals surface area contributed by atoms with Crippen molar-refractivity contribution in [2.45, 2.75) is 59.0 Å². The standard InChI is InChI=1S/C31H35FO4/c1-20(2)15-23(17-30(33)34)22-8-10-24(11-9-22)36-19-21-7-13-28(31(3,4)5)26(16-21)27-18-25(35-6)12-14-29(27)32/h7-16,18,23H,17,19H2,1-6H3,(H,33,34). The Morgan fingerprint density at radius 3 is 2.22 bits per heavy atom. The molecule has 1 N–H and O–H groups in total. The van der Waals surface area contributed by atoms with Crippen molar-refractivity contribution < 1.29 is 23.8 Å². The summed E-state index contributed by atoms with van der Waals surface area (Å²) < 4.78 is 26.2. The molecule has 190 valence electrons.